The van der Waals surface area contributed by atoms with Gasteiger partial charge in [-0.1, -0.05) is 37.1 Å². The van der Waals surface area contributed by atoms with Crippen LogP contribution in [0.15, 0.2) is 66.1 Å². The van der Waals surface area contributed by atoms with Gasteiger partial charge in [0.15, 0.2) is 0 Å². The number of aryl methyl sites for hydroxylation is 1. The number of amides is 1. The third-order valence-electron chi connectivity index (χ3n) is 6.79. The number of benzene rings is 2. The minimum absolute atomic E-state index is 0.0408. The Hall–Kier alpha value is -3.04. The maximum absolute atomic E-state index is 13.0. The minimum Gasteiger partial charge on any atom is -0.339 e. The van der Waals surface area contributed by atoms with Crippen LogP contribution in [0.2, 0.25) is 0 Å². The molecule has 0 radical (unpaired) electrons. The van der Waals surface area contributed by atoms with Gasteiger partial charge in [0.25, 0.3) is 0 Å². The van der Waals surface area contributed by atoms with E-state index in [1.54, 1.807) is 32.3 Å². The Morgan fingerprint density at radius 3 is 2.26 bits per heavy atom. The number of hydrogen-bond donors (Lipinski definition) is 0. The average molecular weight is 496 g/mol. The van der Waals surface area contributed by atoms with Crippen LogP contribution in [-0.2, 0) is 21.2 Å². The molecular formula is C26H33N5O3S. The van der Waals surface area contributed by atoms with Gasteiger partial charge in [0.05, 0.1) is 16.6 Å². The summed E-state index contributed by atoms with van der Waals surface area (Å²) in [7, 11) is -1.64. The van der Waals surface area contributed by atoms with Gasteiger partial charge in [-0.25, -0.2) is 18.1 Å². The molecule has 0 saturated carbocycles. The fourth-order valence-corrected chi connectivity index (χ4v) is 5.89. The predicted octanol–water partition coefficient (Wildman–Crippen LogP) is 3.98. The van der Waals surface area contributed by atoms with Crippen molar-refractivity contribution < 1.29 is 13.2 Å². The summed E-state index contributed by atoms with van der Waals surface area (Å²) in [5.41, 5.74) is 2.90. The van der Waals surface area contributed by atoms with Crippen molar-refractivity contribution in [2.45, 2.75) is 56.4 Å². The number of aromatic nitrogens is 3. The van der Waals surface area contributed by atoms with Gasteiger partial charge in [-0.05, 0) is 61.6 Å². The molecule has 2 aromatic carbocycles. The highest BCUT2D eigenvalue weighted by Crippen LogP contribution is 2.23. The van der Waals surface area contributed by atoms with Gasteiger partial charge in [0.2, 0.25) is 15.9 Å². The van der Waals surface area contributed by atoms with E-state index in [-0.39, 0.29) is 11.9 Å². The van der Waals surface area contributed by atoms with Crippen molar-refractivity contribution >= 4 is 15.9 Å². The van der Waals surface area contributed by atoms with Crippen LogP contribution in [0.1, 0.15) is 56.2 Å². The van der Waals surface area contributed by atoms with Gasteiger partial charge in [-0.2, -0.15) is 9.40 Å². The van der Waals surface area contributed by atoms with Crippen LogP contribution in [0, 0.1) is 0 Å². The van der Waals surface area contributed by atoms with E-state index >= 15 is 0 Å². The summed E-state index contributed by atoms with van der Waals surface area (Å²) in [5.74, 6) is 0.0408. The molecular weight excluding hydrogens is 462 g/mol. The highest BCUT2D eigenvalue weighted by molar-refractivity contribution is 7.89. The zero-order chi connectivity index (χ0) is 24.8. The molecule has 1 unspecified atom stereocenters. The van der Waals surface area contributed by atoms with E-state index < -0.39 is 10.0 Å². The second-order valence-electron chi connectivity index (χ2n) is 9.07. The Labute approximate surface area is 207 Å². The molecule has 186 valence electrons. The number of carbonyl (C=O) groups is 1. The van der Waals surface area contributed by atoms with Crippen molar-refractivity contribution in [3.05, 3.63) is 72.3 Å². The van der Waals surface area contributed by atoms with Gasteiger partial charge in [0.1, 0.15) is 12.7 Å². The molecule has 1 amide bonds. The van der Waals surface area contributed by atoms with Gasteiger partial charge < -0.3 is 4.90 Å². The zero-order valence-electron chi connectivity index (χ0n) is 20.4. The highest BCUT2D eigenvalue weighted by Gasteiger charge is 2.25. The maximum atomic E-state index is 13.0. The largest absolute Gasteiger partial charge is 0.339 e. The van der Waals surface area contributed by atoms with Gasteiger partial charge in [0, 0.05) is 26.6 Å². The molecule has 1 aromatic heterocycles. The molecule has 4 rings (SSSR count). The number of sulfonamides is 1. The molecule has 0 spiro atoms. The Morgan fingerprint density at radius 2 is 1.66 bits per heavy atom. The fourth-order valence-electron chi connectivity index (χ4n) is 4.37. The maximum Gasteiger partial charge on any atom is 0.243 e. The van der Waals surface area contributed by atoms with Crippen molar-refractivity contribution in [1.82, 2.24) is 24.0 Å². The normalized spacial score (nSPS) is 15.9. The van der Waals surface area contributed by atoms with Crippen LogP contribution < -0.4 is 0 Å². The van der Waals surface area contributed by atoms with Gasteiger partial charge in [-0.3, -0.25) is 4.79 Å². The SMILES string of the molecule is CC(c1ccc(-n2cncn2)cc1)N(C)C(=O)CCc1ccc(S(=O)(=O)N2CCCCCC2)cc1. The molecule has 1 atom stereocenters. The van der Waals surface area contributed by atoms with Crippen molar-refractivity contribution in [1.29, 1.82) is 0 Å². The van der Waals surface area contributed by atoms with Crippen molar-refractivity contribution in [2.75, 3.05) is 20.1 Å². The van der Waals surface area contributed by atoms with Crippen LogP contribution in [0.25, 0.3) is 5.69 Å². The molecule has 1 fully saturated rings. The summed E-state index contributed by atoms with van der Waals surface area (Å²) in [6.45, 7) is 3.18. The van der Waals surface area contributed by atoms with Crippen molar-refractivity contribution in [2.24, 2.45) is 0 Å². The molecule has 0 bridgehead atoms. The third kappa shape index (κ3) is 5.97. The molecule has 3 aromatic rings. The van der Waals surface area contributed by atoms with Crippen molar-refractivity contribution in [3.8, 4) is 5.69 Å². The van der Waals surface area contributed by atoms with Crippen LogP contribution >= 0.6 is 0 Å². The molecule has 1 aliphatic heterocycles. The minimum atomic E-state index is -3.46. The van der Waals surface area contributed by atoms with Crippen LogP contribution in [0.4, 0.5) is 0 Å². The number of nitrogens with zero attached hydrogens (tertiary/aromatic N) is 5. The summed E-state index contributed by atoms with van der Waals surface area (Å²) in [4.78, 5) is 18.9. The topological polar surface area (TPSA) is 88.4 Å². The van der Waals surface area contributed by atoms with E-state index in [2.05, 4.69) is 10.1 Å². The molecule has 35 heavy (non-hydrogen) atoms. The van der Waals surface area contributed by atoms with Crippen LogP contribution in [-0.4, -0.2) is 58.4 Å². The lowest BCUT2D eigenvalue weighted by molar-refractivity contribution is -0.131. The fraction of sp³-hybridized carbons (Fsp3) is 0.423. The smallest absolute Gasteiger partial charge is 0.243 e. The first-order chi connectivity index (χ1) is 16.9. The summed E-state index contributed by atoms with van der Waals surface area (Å²) in [5, 5.41) is 4.13. The first kappa shape index (κ1) is 25.1. The first-order valence-electron chi connectivity index (χ1n) is 12.2. The van der Waals surface area contributed by atoms with E-state index in [1.807, 2.05) is 50.4 Å². The monoisotopic (exact) mass is 495 g/mol. The molecule has 0 aliphatic carbocycles. The van der Waals surface area contributed by atoms with Gasteiger partial charge in [-0.15, -0.1) is 0 Å². The van der Waals surface area contributed by atoms with E-state index in [0.717, 1.165) is 42.5 Å². The number of rotatable bonds is 8. The van der Waals surface area contributed by atoms with Crippen LogP contribution in [0.3, 0.4) is 0 Å². The zero-order valence-corrected chi connectivity index (χ0v) is 21.2. The highest BCUT2D eigenvalue weighted by atomic mass is 32.2. The Bertz CT molecular complexity index is 1200. The van der Waals surface area contributed by atoms with E-state index in [0.29, 0.717) is 30.8 Å². The molecule has 9 heteroatoms. The molecule has 0 N–H and O–H groups in total. The lowest BCUT2D eigenvalue weighted by Gasteiger charge is -2.25. The molecule has 1 aliphatic rings. The number of carbonyl (C=O) groups excluding carboxylic acids is 1. The first-order valence-corrected chi connectivity index (χ1v) is 13.6. The third-order valence-corrected chi connectivity index (χ3v) is 8.70. The Balaban J connectivity index is 1.33. The Kier molecular flexibility index (Phi) is 7.97. The van der Waals surface area contributed by atoms with Gasteiger partial charge >= 0.3 is 0 Å². The van der Waals surface area contributed by atoms with E-state index in [1.165, 1.54) is 6.33 Å². The average Bonchev–Trinajstić information content (AvgIpc) is 3.28. The van der Waals surface area contributed by atoms with Crippen molar-refractivity contribution in [3.63, 3.8) is 0 Å². The van der Waals surface area contributed by atoms with Crippen LogP contribution in [0.5, 0.6) is 0 Å². The lowest BCUT2D eigenvalue weighted by atomic mass is 10.1. The van der Waals surface area contributed by atoms with E-state index in [9.17, 15) is 13.2 Å². The standard InChI is InChI=1S/C26H33N5O3S/c1-21(23-10-12-24(13-11-23)31-20-27-19-28-31)29(2)26(32)16-9-22-7-14-25(15-8-22)35(33,34)30-17-5-3-4-6-18-30/h7-8,10-15,19-21H,3-6,9,16-18H2,1-2H3. The summed E-state index contributed by atoms with van der Waals surface area (Å²) < 4.78 is 29.2. The predicted molar refractivity (Wildman–Crippen MR) is 135 cm³/mol. The molecule has 2 heterocycles. The van der Waals surface area contributed by atoms with E-state index in [4.69, 9.17) is 0 Å². The molecule has 8 nitrogen and oxygen atoms in total. The number of hydrogen-bond acceptors (Lipinski definition) is 5. The summed E-state index contributed by atoms with van der Waals surface area (Å²) in [6.07, 6.45) is 8.05. The quantitative estimate of drug-likeness (QED) is 0.472. The summed E-state index contributed by atoms with van der Waals surface area (Å²) in [6, 6.07) is 14.8. The molecule has 1 saturated heterocycles. The second-order valence-corrected chi connectivity index (χ2v) is 11.0. The summed E-state index contributed by atoms with van der Waals surface area (Å²) >= 11 is 0. The second kappa shape index (κ2) is 11.1. The lowest BCUT2D eigenvalue weighted by Crippen LogP contribution is -2.31. The Morgan fingerprint density at radius 1 is 1.00 bits per heavy atom.